The molecule has 0 radical (unpaired) electrons. The summed E-state index contributed by atoms with van der Waals surface area (Å²) in [5.41, 5.74) is 2.38. The summed E-state index contributed by atoms with van der Waals surface area (Å²) in [5.74, 6) is -0.0764. The standard InChI is InChI=1S/C18H25ClN4O2/c1-3-4-15-17(24)23(18(25)20-15)12-21-7-9-22(10-8-21)16-11-14(19)6-5-13(16)2/h5-6,11,15H,3-4,7-10,12H2,1-2H3,(H,20,25)/p+1/t15-/m1/s1. The molecule has 1 atom stereocenters. The van der Waals surface area contributed by atoms with Gasteiger partial charge in [0, 0.05) is 10.7 Å². The van der Waals surface area contributed by atoms with Crippen LogP contribution in [0.4, 0.5) is 10.5 Å². The number of quaternary nitrogens is 1. The molecule has 2 N–H and O–H groups in total. The van der Waals surface area contributed by atoms with Gasteiger partial charge in [0.2, 0.25) is 0 Å². The molecular weight excluding hydrogens is 340 g/mol. The molecule has 0 saturated carbocycles. The molecular formula is C18H26ClN4O2+. The number of nitrogens with one attached hydrogen (secondary N) is 2. The molecule has 3 amide bonds. The van der Waals surface area contributed by atoms with E-state index >= 15 is 0 Å². The Morgan fingerprint density at radius 3 is 2.68 bits per heavy atom. The van der Waals surface area contributed by atoms with E-state index in [1.165, 1.54) is 21.1 Å². The number of amides is 3. The first-order valence-corrected chi connectivity index (χ1v) is 9.34. The number of hydrogen-bond acceptors (Lipinski definition) is 3. The average Bonchev–Trinajstić information content (AvgIpc) is 2.86. The van der Waals surface area contributed by atoms with Crippen molar-refractivity contribution < 1.29 is 14.5 Å². The van der Waals surface area contributed by atoms with Crippen molar-refractivity contribution in [3.63, 3.8) is 0 Å². The van der Waals surface area contributed by atoms with Crippen molar-refractivity contribution in [2.75, 3.05) is 37.7 Å². The zero-order valence-corrected chi connectivity index (χ0v) is 15.6. The largest absolute Gasteiger partial charge is 0.360 e. The van der Waals surface area contributed by atoms with Gasteiger partial charge in [-0.2, -0.15) is 0 Å². The SMILES string of the molecule is CCC[C@H]1NC(=O)N(C[NH+]2CCN(c3cc(Cl)ccc3C)CC2)C1=O. The van der Waals surface area contributed by atoms with Crippen molar-refractivity contribution in [1.29, 1.82) is 0 Å². The van der Waals surface area contributed by atoms with Gasteiger partial charge < -0.3 is 15.1 Å². The predicted molar refractivity (Wildman–Crippen MR) is 98.0 cm³/mol. The van der Waals surface area contributed by atoms with E-state index < -0.39 is 0 Å². The van der Waals surface area contributed by atoms with Crippen molar-refractivity contribution in [2.45, 2.75) is 32.7 Å². The van der Waals surface area contributed by atoms with Crippen molar-refractivity contribution >= 4 is 29.2 Å². The number of aryl methyl sites for hydroxylation is 1. The summed E-state index contributed by atoms with van der Waals surface area (Å²) in [4.78, 5) is 29.4. The van der Waals surface area contributed by atoms with Crippen LogP contribution < -0.4 is 15.1 Å². The second kappa shape index (κ2) is 7.62. The zero-order valence-electron chi connectivity index (χ0n) is 14.8. The molecule has 7 heteroatoms. The molecule has 0 aliphatic carbocycles. The van der Waals surface area contributed by atoms with Gasteiger partial charge in [0.25, 0.3) is 5.91 Å². The number of rotatable bonds is 5. The molecule has 2 aliphatic heterocycles. The van der Waals surface area contributed by atoms with E-state index in [4.69, 9.17) is 11.6 Å². The van der Waals surface area contributed by atoms with Crippen LogP contribution in [0.2, 0.25) is 5.02 Å². The smallest absolute Gasteiger partial charge is 0.329 e. The number of benzene rings is 1. The lowest BCUT2D eigenvalue weighted by Gasteiger charge is -2.35. The third-order valence-corrected chi connectivity index (χ3v) is 5.28. The van der Waals surface area contributed by atoms with Gasteiger partial charge in [-0.3, -0.25) is 4.79 Å². The summed E-state index contributed by atoms with van der Waals surface area (Å²) in [6.07, 6.45) is 1.59. The Labute approximate surface area is 153 Å². The first-order chi connectivity index (χ1) is 12.0. The summed E-state index contributed by atoms with van der Waals surface area (Å²) in [5, 5.41) is 3.54. The Morgan fingerprint density at radius 2 is 2.00 bits per heavy atom. The number of piperazine rings is 1. The zero-order chi connectivity index (χ0) is 18.0. The highest BCUT2D eigenvalue weighted by atomic mass is 35.5. The molecule has 25 heavy (non-hydrogen) atoms. The van der Waals surface area contributed by atoms with Crippen LogP contribution in [0.25, 0.3) is 0 Å². The van der Waals surface area contributed by atoms with Crippen LogP contribution in [0.15, 0.2) is 18.2 Å². The van der Waals surface area contributed by atoms with Crippen LogP contribution in [-0.4, -0.2) is 55.7 Å². The van der Waals surface area contributed by atoms with E-state index in [2.05, 4.69) is 17.1 Å². The van der Waals surface area contributed by atoms with E-state index in [1.807, 2.05) is 25.1 Å². The van der Waals surface area contributed by atoms with Gasteiger partial charge in [-0.25, -0.2) is 9.69 Å². The Morgan fingerprint density at radius 1 is 1.28 bits per heavy atom. The Kier molecular flexibility index (Phi) is 5.49. The topological polar surface area (TPSA) is 57.1 Å². The second-order valence-electron chi connectivity index (χ2n) is 6.88. The highest BCUT2D eigenvalue weighted by Gasteiger charge is 2.39. The molecule has 2 aliphatic rings. The fourth-order valence-electron chi connectivity index (χ4n) is 3.58. The van der Waals surface area contributed by atoms with Gasteiger partial charge in [-0.1, -0.05) is 31.0 Å². The maximum Gasteiger partial charge on any atom is 0.329 e. The molecule has 0 aromatic heterocycles. The number of imide groups is 1. The van der Waals surface area contributed by atoms with Gasteiger partial charge in [-0.05, 0) is 31.0 Å². The maximum atomic E-state index is 12.4. The fraction of sp³-hybridized carbons (Fsp3) is 0.556. The summed E-state index contributed by atoms with van der Waals surface area (Å²) in [7, 11) is 0. The molecule has 0 unspecified atom stereocenters. The number of urea groups is 1. The van der Waals surface area contributed by atoms with Crippen molar-refractivity contribution in [3.8, 4) is 0 Å². The number of halogens is 1. The van der Waals surface area contributed by atoms with Crippen LogP contribution in [0, 0.1) is 6.92 Å². The number of nitrogens with zero attached hydrogens (tertiary/aromatic N) is 2. The Bertz CT molecular complexity index is 658. The molecule has 136 valence electrons. The number of anilines is 1. The van der Waals surface area contributed by atoms with Crippen molar-refractivity contribution in [3.05, 3.63) is 28.8 Å². The highest BCUT2D eigenvalue weighted by Crippen LogP contribution is 2.24. The van der Waals surface area contributed by atoms with E-state index in [1.54, 1.807) is 0 Å². The van der Waals surface area contributed by atoms with Crippen LogP contribution in [0.5, 0.6) is 0 Å². The third kappa shape index (κ3) is 3.90. The molecule has 2 saturated heterocycles. The predicted octanol–water partition coefficient (Wildman–Crippen LogP) is 1.03. The maximum absolute atomic E-state index is 12.4. The second-order valence-corrected chi connectivity index (χ2v) is 7.32. The summed E-state index contributed by atoms with van der Waals surface area (Å²) < 4.78 is 0. The minimum absolute atomic E-state index is 0.0764. The lowest BCUT2D eigenvalue weighted by molar-refractivity contribution is -0.907. The van der Waals surface area contributed by atoms with E-state index in [9.17, 15) is 9.59 Å². The molecule has 6 nitrogen and oxygen atoms in total. The third-order valence-electron chi connectivity index (χ3n) is 5.05. The summed E-state index contributed by atoms with van der Waals surface area (Å²) in [6.45, 7) is 8.11. The minimum Gasteiger partial charge on any atom is -0.360 e. The molecule has 3 rings (SSSR count). The molecule has 0 bridgehead atoms. The molecule has 2 fully saturated rings. The number of hydrogen-bond donors (Lipinski definition) is 2. The van der Waals surface area contributed by atoms with Crippen LogP contribution in [-0.2, 0) is 4.79 Å². The van der Waals surface area contributed by atoms with Crippen LogP contribution in [0.1, 0.15) is 25.3 Å². The van der Waals surface area contributed by atoms with Gasteiger partial charge in [0.15, 0.2) is 6.67 Å². The lowest BCUT2D eigenvalue weighted by atomic mass is 10.1. The van der Waals surface area contributed by atoms with Gasteiger partial charge >= 0.3 is 6.03 Å². The van der Waals surface area contributed by atoms with E-state index in [0.29, 0.717) is 13.1 Å². The normalized spacial score (nSPS) is 21.8. The highest BCUT2D eigenvalue weighted by molar-refractivity contribution is 6.30. The van der Waals surface area contributed by atoms with E-state index in [-0.39, 0.29) is 18.0 Å². The first-order valence-electron chi connectivity index (χ1n) is 8.96. The lowest BCUT2D eigenvalue weighted by Crippen LogP contribution is -3.16. The van der Waals surface area contributed by atoms with Crippen molar-refractivity contribution in [1.82, 2.24) is 10.2 Å². The quantitative estimate of drug-likeness (QED) is 0.766. The van der Waals surface area contributed by atoms with Gasteiger partial charge in [0.1, 0.15) is 6.04 Å². The van der Waals surface area contributed by atoms with Gasteiger partial charge in [-0.15, -0.1) is 0 Å². The van der Waals surface area contributed by atoms with Crippen LogP contribution >= 0.6 is 11.6 Å². The molecule has 0 spiro atoms. The molecule has 1 aromatic carbocycles. The number of carbonyl (C=O) groups is 2. The Hall–Kier alpha value is -1.79. The number of carbonyl (C=O) groups excluding carboxylic acids is 2. The minimum atomic E-state index is -0.340. The molecule has 1 aromatic rings. The summed E-state index contributed by atoms with van der Waals surface area (Å²) in [6, 6.07) is 5.37. The fourth-order valence-corrected chi connectivity index (χ4v) is 3.75. The summed E-state index contributed by atoms with van der Waals surface area (Å²) >= 11 is 6.13. The van der Waals surface area contributed by atoms with Crippen molar-refractivity contribution in [2.24, 2.45) is 0 Å². The first kappa shape index (κ1) is 18.0. The van der Waals surface area contributed by atoms with Crippen LogP contribution in [0.3, 0.4) is 0 Å². The Balaban J connectivity index is 1.57. The molecule has 2 heterocycles. The monoisotopic (exact) mass is 365 g/mol. The van der Waals surface area contributed by atoms with E-state index in [0.717, 1.165) is 37.6 Å². The average molecular weight is 366 g/mol. The van der Waals surface area contributed by atoms with Gasteiger partial charge in [0.05, 0.1) is 26.2 Å².